The average molecular weight is 299 g/mol. The van der Waals surface area contributed by atoms with E-state index in [-0.39, 0.29) is 6.10 Å². The molecule has 1 atom stereocenters. The van der Waals surface area contributed by atoms with Gasteiger partial charge in [-0.05, 0) is 31.9 Å². The first-order valence-corrected chi connectivity index (χ1v) is 7.44. The van der Waals surface area contributed by atoms with Crippen molar-refractivity contribution in [2.24, 2.45) is 11.7 Å². The van der Waals surface area contributed by atoms with Crippen molar-refractivity contribution in [3.63, 3.8) is 0 Å². The molecule has 0 heterocycles. The Hall–Kier alpha value is -1.42. The molecule has 122 valence electrons. The van der Waals surface area contributed by atoms with E-state index in [1.54, 1.807) is 13.8 Å². The van der Waals surface area contributed by atoms with Gasteiger partial charge in [0.1, 0.15) is 0 Å². The lowest BCUT2D eigenvalue weighted by molar-refractivity contribution is 0.0378. The first-order valence-electron chi connectivity index (χ1n) is 7.44. The van der Waals surface area contributed by atoms with Crippen molar-refractivity contribution < 1.29 is 13.9 Å². The van der Waals surface area contributed by atoms with Crippen LogP contribution in [0.1, 0.15) is 70.7 Å². The molecule has 0 radical (unpaired) electrons. The summed E-state index contributed by atoms with van der Waals surface area (Å²) >= 11 is 0. The topological polar surface area (TPSA) is 52.3 Å². The van der Waals surface area contributed by atoms with Crippen LogP contribution in [0.4, 0.5) is 4.39 Å². The van der Waals surface area contributed by atoms with Crippen LogP contribution in [0.15, 0.2) is 24.3 Å². The zero-order valence-electron chi connectivity index (χ0n) is 14.3. The van der Waals surface area contributed by atoms with E-state index in [0.29, 0.717) is 11.1 Å². The predicted molar refractivity (Wildman–Crippen MR) is 86.9 cm³/mol. The van der Waals surface area contributed by atoms with E-state index < -0.39 is 12.3 Å². The van der Waals surface area contributed by atoms with Gasteiger partial charge < -0.3 is 4.74 Å². The molecule has 21 heavy (non-hydrogen) atoms. The number of halogens is 1. The Kier molecular flexibility index (Phi) is 12.8. The van der Waals surface area contributed by atoms with Crippen molar-refractivity contribution in [1.29, 1.82) is 0 Å². The van der Waals surface area contributed by atoms with E-state index in [2.05, 4.69) is 20.8 Å². The molecule has 0 fully saturated rings. The van der Waals surface area contributed by atoms with Crippen LogP contribution in [-0.2, 0) is 4.74 Å². The normalized spacial score (nSPS) is 11.0. The van der Waals surface area contributed by atoms with Crippen LogP contribution in [0.2, 0.25) is 0 Å². The molecule has 0 aliphatic rings. The first-order chi connectivity index (χ1) is 9.73. The van der Waals surface area contributed by atoms with E-state index in [4.69, 9.17) is 10.5 Å². The Balaban J connectivity index is 0. The minimum Gasteiger partial charge on any atom is -0.459 e. The van der Waals surface area contributed by atoms with Gasteiger partial charge in [-0.3, -0.25) is 5.73 Å². The van der Waals surface area contributed by atoms with Gasteiger partial charge in [0.25, 0.3) is 0 Å². The van der Waals surface area contributed by atoms with Gasteiger partial charge >= 0.3 is 5.97 Å². The maximum Gasteiger partial charge on any atom is 0.338 e. The molecular weight excluding hydrogens is 269 g/mol. The van der Waals surface area contributed by atoms with Gasteiger partial charge in [0.2, 0.25) is 0 Å². The molecular formula is C17H30FNO2. The number of benzene rings is 1. The summed E-state index contributed by atoms with van der Waals surface area (Å²) in [6, 6.07) is 5.95. The Morgan fingerprint density at radius 2 is 1.43 bits per heavy atom. The van der Waals surface area contributed by atoms with Crippen molar-refractivity contribution in [3.05, 3.63) is 35.4 Å². The molecule has 0 aliphatic heterocycles. The molecule has 0 amide bonds. The minimum atomic E-state index is -1.51. The monoisotopic (exact) mass is 299 g/mol. The van der Waals surface area contributed by atoms with Crippen molar-refractivity contribution in [2.75, 3.05) is 0 Å². The maximum absolute atomic E-state index is 12.6. The SMILES string of the molecule is CC.CC(C)C.CC(C)OC(=O)c1ccc(C(N)F)cc1. The van der Waals surface area contributed by atoms with Gasteiger partial charge in [-0.15, -0.1) is 0 Å². The first kappa shape index (κ1) is 21.9. The van der Waals surface area contributed by atoms with E-state index in [1.807, 2.05) is 13.8 Å². The third-order valence-corrected chi connectivity index (χ3v) is 1.81. The summed E-state index contributed by atoms with van der Waals surface area (Å²) in [6.45, 7) is 14.0. The number of carbonyl (C=O) groups is 1. The third-order valence-electron chi connectivity index (χ3n) is 1.81. The molecule has 0 aliphatic carbocycles. The number of nitrogens with two attached hydrogens (primary N) is 1. The van der Waals surface area contributed by atoms with Gasteiger partial charge in [0.15, 0.2) is 6.30 Å². The number of ether oxygens (including phenoxy) is 1. The highest BCUT2D eigenvalue weighted by Crippen LogP contribution is 2.13. The van der Waals surface area contributed by atoms with Crippen LogP contribution in [-0.4, -0.2) is 12.1 Å². The molecule has 1 rings (SSSR count). The van der Waals surface area contributed by atoms with Crippen LogP contribution in [0.25, 0.3) is 0 Å². The molecule has 1 aromatic rings. The van der Waals surface area contributed by atoms with Gasteiger partial charge in [-0.2, -0.15) is 0 Å². The molecule has 3 nitrogen and oxygen atoms in total. The summed E-state index contributed by atoms with van der Waals surface area (Å²) in [5, 5.41) is 0. The number of alkyl halides is 1. The molecule has 4 heteroatoms. The molecule has 1 unspecified atom stereocenters. The van der Waals surface area contributed by atoms with Gasteiger partial charge in [0.05, 0.1) is 11.7 Å². The summed E-state index contributed by atoms with van der Waals surface area (Å²) in [5.74, 6) is 0.420. The number of hydrogen-bond donors (Lipinski definition) is 1. The highest BCUT2D eigenvalue weighted by Gasteiger charge is 2.10. The lowest BCUT2D eigenvalue weighted by Gasteiger charge is -2.08. The largest absolute Gasteiger partial charge is 0.459 e. The molecule has 0 saturated heterocycles. The molecule has 0 aromatic heterocycles. The fourth-order valence-electron chi connectivity index (χ4n) is 1.09. The fraction of sp³-hybridized carbons (Fsp3) is 0.588. The number of rotatable bonds is 3. The Bertz CT molecular complexity index is 370. The Morgan fingerprint density at radius 1 is 1.05 bits per heavy atom. The fourth-order valence-corrected chi connectivity index (χ4v) is 1.09. The van der Waals surface area contributed by atoms with Crippen LogP contribution in [0.3, 0.4) is 0 Å². The zero-order valence-corrected chi connectivity index (χ0v) is 14.3. The number of hydrogen-bond acceptors (Lipinski definition) is 3. The second-order valence-electron chi connectivity index (χ2n) is 5.21. The lowest BCUT2D eigenvalue weighted by Crippen LogP contribution is -2.12. The third kappa shape index (κ3) is 12.1. The predicted octanol–water partition coefficient (Wildman–Crippen LogP) is 4.87. The summed E-state index contributed by atoms with van der Waals surface area (Å²) in [4.78, 5) is 11.4. The lowest BCUT2D eigenvalue weighted by atomic mass is 10.1. The summed E-state index contributed by atoms with van der Waals surface area (Å²) in [7, 11) is 0. The van der Waals surface area contributed by atoms with Crippen LogP contribution in [0, 0.1) is 5.92 Å². The van der Waals surface area contributed by atoms with Crippen molar-refractivity contribution in [1.82, 2.24) is 0 Å². The summed E-state index contributed by atoms with van der Waals surface area (Å²) in [6.07, 6.45) is -1.68. The van der Waals surface area contributed by atoms with Gasteiger partial charge in [0, 0.05) is 5.56 Å². The van der Waals surface area contributed by atoms with Gasteiger partial charge in [-0.1, -0.05) is 46.8 Å². The van der Waals surface area contributed by atoms with Crippen LogP contribution < -0.4 is 5.73 Å². The standard InChI is InChI=1S/C11H14FNO2.C4H10.C2H6/c1-7(2)15-11(14)9-5-3-8(4-6-9)10(12)13;1-4(2)3;1-2/h3-7,10H,13H2,1-2H3;4H,1-3H3;1-2H3. The summed E-state index contributed by atoms with van der Waals surface area (Å²) < 4.78 is 17.6. The van der Waals surface area contributed by atoms with Crippen molar-refractivity contribution in [2.45, 2.75) is 60.9 Å². The highest BCUT2D eigenvalue weighted by molar-refractivity contribution is 5.89. The molecule has 0 saturated carbocycles. The van der Waals surface area contributed by atoms with Crippen molar-refractivity contribution >= 4 is 5.97 Å². The van der Waals surface area contributed by atoms with Crippen LogP contribution >= 0.6 is 0 Å². The van der Waals surface area contributed by atoms with Gasteiger partial charge in [-0.25, -0.2) is 9.18 Å². The number of carbonyl (C=O) groups excluding carboxylic acids is 1. The summed E-state index contributed by atoms with van der Waals surface area (Å²) in [5.41, 5.74) is 5.78. The minimum absolute atomic E-state index is 0.166. The van der Waals surface area contributed by atoms with E-state index in [0.717, 1.165) is 5.92 Å². The second kappa shape index (κ2) is 12.3. The molecule has 0 bridgehead atoms. The Morgan fingerprint density at radius 3 is 1.71 bits per heavy atom. The quantitative estimate of drug-likeness (QED) is 0.640. The van der Waals surface area contributed by atoms with E-state index in [9.17, 15) is 9.18 Å². The molecule has 1 aromatic carbocycles. The molecule has 2 N–H and O–H groups in total. The highest BCUT2D eigenvalue weighted by atomic mass is 19.1. The van der Waals surface area contributed by atoms with E-state index in [1.165, 1.54) is 24.3 Å². The Labute approximate surface area is 128 Å². The number of esters is 1. The average Bonchev–Trinajstić information content (AvgIpc) is 2.39. The van der Waals surface area contributed by atoms with E-state index >= 15 is 0 Å². The maximum atomic E-state index is 12.6. The zero-order chi connectivity index (χ0) is 17.0. The second-order valence-corrected chi connectivity index (χ2v) is 5.21. The smallest absolute Gasteiger partial charge is 0.338 e. The van der Waals surface area contributed by atoms with Crippen molar-refractivity contribution in [3.8, 4) is 0 Å². The molecule has 0 spiro atoms. The van der Waals surface area contributed by atoms with Crippen LogP contribution in [0.5, 0.6) is 0 Å².